The summed E-state index contributed by atoms with van der Waals surface area (Å²) in [7, 11) is 0. The van der Waals surface area contributed by atoms with Crippen molar-refractivity contribution in [2.45, 2.75) is 45.1 Å². The van der Waals surface area contributed by atoms with E-state index in [0.29, 0.717) is 18.1 Å². The van der Waals surface area contributed by atoms with E-state index in [-0.39, 0.29) is 6.09 Å². The van der Waals surface area contributed by atoms with Crippen molar-refractivity contribution in [3.05, 3.63) is 18.3 Å². The molecular formula is C23H35N5O2. The molecule has 164 valence electrons. The zero-order valence-electron chi connectivity index (χ0n) is 18.3. The zero-order valence-corrected chi connectivity index (χ0v) is 18.3. The first kappa shape index (κ1) is 19.9. The molecule has 4 aliphatic rings. The summed E-state index contributed by atoms with van der Waals surface area (Å²) in [4.78, 5) is 26.2. The molecule has 0 unspecified atom stereocenters. The topological polar surface area (TPSA) is 52.2 Å². The number of rotatable bonds is 4. The van der Waals surface area contributed by atoms with Gasteiger partial charge in [-0.15, -0.1) is 0 Å². The number of anilines is 2. The van der Waals surface area contributed by atoms with Crippen molar-refractivity contribution in [3.63, 3.8) is 0 Å². The lowest BCUT2D eigenvalue weighted by Gasteiger charge is -2.48. The molecule has 30 heavy (non-hydrogen) atoms. The van der Waals surface area contributed by atoms with Gasteiger partial charge in [0, 0.05) is 70.0 Å². The number of hydrogen-bond donors (Lipinski definition) is 0. The van der Waals surface area contributed by atoms with Gasteiger partial charge in [0.1, 0.15) is 0 Å². The zero-order chi connectivity index (χ0) is 20.6. The van der Waals surface area contributed by atoms with E-state index in [1.165, 1.54) is 43.6 Å². The summed E-state index contributed by atoms with van der Waals surface area (Å²) in [6.07, 6.45) is 8.10. The highest BCUT2D eigenvalue weighted by molar-refractivity contribution is 5.69. The number of aromatic nitrogens is 1. The maximum Gasteiger partial charge on any atom is 0.409 e. The molecule has 7 nitrogen and oxygen atoms in total. The average Bonchev–Trinajstić information content (AvgIpc) is 3.43. The Hall–Kier alpha value is -2.02. The predicted molar refractivity (Wildman–Crippen MR) is 118 cm³/mol. The molecule has 1 aromatic heterocycles. The Bertz CT molecular complexity index is 752. The van der Waals surface area contributed by atoms with Crippen molar-refractivity contribution < 1.29 is 9.53 Å². The molecule has 1 atom stereocenters. The van der Waals surface area contributed by atoms with Crippen LogP contribution >= 0.6 is 0 Å². The average molecular weight is 414 g/mol. The van der Waals surface area contributed by atoms with E-state index in [1.54, 1.807) is 0 Å². The molecule has 1 saturated carbocycles. The molecular weight excluding hydrogens is 378 g/mol. The van der Waals surface area contributed by atoms with Crippen LogP contribution in [-0.2, 0) is 4.74 Å². The Morgan fingerprint density at radius 2 is 1.90 bits per heavy atom. The largest absolute Gasteiger partial charge is 0.450 e. The lowest BCUT2D eigenvalue weighted by Crippen LogP contribution is -2.58. The summed E-state index contributed by atoms with van der Waals surface area (Å²) in [5, 5.41) is 0. The molecule has 1 spiro atoms. The number of piperazine rings is 1. The van der Waals surface area contributed by atoms with Crippen molar-refractivity contribution in [3.8, 4) is 0 Å². The van der Waals surface area contributed by atoms with Crippen molar-refractivity contribution in [1.29, 1.82) is 0 Å². The Morgan fingerprint density at radius 1 is 1.13 bits per heavy atom. The quantitative estimate of drug-likeness (QED) is 0.757. The number of hydrogen-bond acceptors (Lipinski definition) is 6. The molecule has 0 N–H and O–H groups in total. The van der Waals surface area contributed by atoms with Crippen LogP contribution in [0.25, 0.3) is 0 Å². The number of pyridine rings is 1. The van der Waals surface area contributed by atoms with Gasteiger partial charge in [-0.1, -0.05) is 0 Å². The molecule has 0 radical (unpaired) electrons. The van der Waals surface area contributed by atoms with Gasteiger partial charge in [0.2, 0.25) is 0 Å². The van der Waals surface area contributed by atoms with Crippen LogP contribution in [0, 0.1) is 5.41 Å². The van der Waals surface area contributed by atoms with E-state index in [1.807, 2.05) is 18.0 Å². The van der Waals surface area contributed by atoms with E-state index in [9.17, 15) is 4.79 Å². The molecule has 1 aromatic rings. The van der Waals surface area contributed by atoms with Crippen LogP contribution in [0.5, 0.6) is 0 Å². The van der Waals surface area contributed by atoms with Gasteiger partial charge in [-0.25, -0.2) is 9.78 Å². The summed E-state index contributed by atoms with van der Waals surface area (Å²) < 4.78 is 5.15. The van der Waals surface area contributed by atoms with E-state index in [0.717, 1.165) is 52.4 Å². The molecule has 4 heterocycles. The fourth-order valence-electron chi connectivity index (χ4n) is 6.02. The van der Waals surface area contributed by atoms with Crippen LogP contribution in [0.3, 0.4) is 0 Å². The minimum atomic E-state index is -0.134. The maximum atomic E-state index is 11.9. The maximum absolute atomic E-state index is 11.9. The van der Waals surface area contributed by atoms with Crippen molar-refractivity contribution >= 4 is 17.6 Å². The van der Waals surface area contributed by atoms with E-state index in [4.69, 9.17) is 9.72 Å². The Balaban J connectivity index is 1.15. The van der Waals surface area contributed by atoms with E-state index in [2.05, 4.69) is 26.8 Å². The number of likely N-dealkylation sites (tertiary alicyclic amines) is 1. The van der Waals surface area contributed by atoms with Crippen LogP contribution in [0.1, 0.15) is 39.0 Å². The smallest absolute Gasteiger partial charge is 0.409 e. The van der Waals surface area contributed by atoms with Gasteiger partial charge >= 0.3 is 6.09 Å². The van der Waals surface area contributed by atoms with Gasteiger partial charge < -0.3 is 19.4 Å². The molecule has 4 fully saturated rings. The molecule has 1 amide bonds. The summed E-state index contributed by atoms with van der Waals surface area (Å²) in [6.45, 7) is 10.8. The number of ether oxygens (including phenoxy) is 1. The minimum absolute atomic E-state index is 0.134. The summed E-state index contributed by atoms with van der Waals surface area (Å²) in [6, 6.07) is 5.00. The normalized spacial score (nSPS) is 26.3. The first-order valence-corrected chi connectivity index (χ1v) is 11.8. The standard InChI is InChI=1S/C23H35N5O2/c1-2-30-22(29)28-17-23(18-28)8-7-19(16-23)25-12-14-26(15-13-25)20-6-5-9-24-21(20)27-10-3-4-11-27/h5-6,9,19H,2-4,7-8,10-18H2,1H3/t19-/m1/s1. The van der Waals surface area contributed by atoms with Gasteiger partial charge in [0.15, 0.2) is 5.82 Å². The van der Waals surface area contributed by atoms with Crippen molar-refractivity contribution in [2.75, 3.05) is 68.8 Å². The highest BCUT2D eigenvalue weighted by Gasteiger charge is 2.51. The predicted octanol–water partition coefficient (Wildman–Crippen LogP) is 2.81. The third-order valence-corrected chi connectivity index (χ3v) is 7.60. The third kappa shape index (κ3) is 3.72. The highest BCUT2D eigenvalue weighted by atomic mass is 16.6. The van der Waals surface area contributed by atoms with Crippen LogP contribution in [0.4, 0.5) is 16.3 Å². The first-order chi connectivity index (χ1) is 14.7. The van der Waals surface area contributed by atoms with Crippen LogP contribution in [0.15, 0.2) is 18.3 Å². The number of nitrogens with zero attached hydrogens (tertiary/aromatic N) is 5. The fourth-order valence-corrected chi connectivity index (χ4v) is 6.02. The summed E-state index contributed by atoms with van der Waals surface area (Å²) in [5.41, 5.74) is 1.66. The molecule has 0 aromatic carbocycles. The second-order valence-corrected chi connectivity index (χ2v) is 9.51. The lowest BCUT2D eigenvalue weighted by atomic mass is 9.78. The number of amides is 1. The molecule has 5 rings (SSSR count). The number of carbonyl (C=O) groups excluding carboxylic acids is 1. The third-order valence-electron chi connectivity index (χ3n) is 7.60. The first-order valence-electron chi connectivity index (χ1n) is 11.8. The second kappa shape index (κ2) is 8.25. The van der Waals surface area contributed by atoms with E-state index < -0.39 is 0 Å². The molecule has 7 heteroatoms. The lowest BCUT2D eigenvalue weighted by molar-refractivity contribution is -0.00294. The summed E-state index contributed by atoms with van der Waals surface area (Å²) >= 11 is 0. The molecule has 0 bridgehead atoms. The van der Waals surface area contributed by atoms with Gasteiger partial charge in [-0.3, -0.25) is 4.90 Å². The Labute approximate surface area is 180 Å². The van der Waals surface area contributed by atoms with Crippen LogP contribution in [0.2, 0.25) is 0 Å². The fraction of sp³-hybridized carbons (Fsp3) is 0.739. The Morgan fingerprint density at radius 3 is 2.63 bits per heavy atom. The molecule has 1 aliphatic carbocycles. The molecule has 3 aliphatic heterocycles. The van der Waals surface area contributed by atoms with Crippen LogP contribution < -0.4 is 9.80 Å². The summed E-state index contributed by atoms with van der Waals surface area (Å²) in [5.74, 6) is 1.18. The molecule has 3 saturated heterocycles. The van der Waals surface area contributed by atoms with Crippen LogP contribution in [-0.4, -0.2) is 85.9 Å². The van der Waals surface area contributed by atoms with E-state index >= 15 is 0 Å². The van der Waals surface area contributed by atoms with Gasteiger partial charge in [-0.05, 0) is 51.2 Å². The van der Waals surface area contributed by atoms with Gasteiger partial charge in [0.25, 0.3) is 0 Å². The van der Waals surface area contributed by atoms with Crippen molar-refractivity contribution in [2.24, 2.45) is 5.41 Å². The number of carbonyl (C=O) groups is 1. The minimum Gasteiger partial charge on any atom is -0.450 e. The van der Waals surface area contributed by atoms with Crippen molar-refractivity contribution in [1.82, 2.24) is 14.8 Å². The SMILES string of the molecule is CCOC(=O)N1CC2(CC[C@@H](N3CCN(c4cccnc4N4CCCC4)CC3)C2)C1. The Kier molecular flexibility index (Phi) is 5.48. The second-order valence-electron chi connectivity index (χ2n) is 9.51. The van der Waals surface area contributed by atoms with Gasteiger partial charge in [-0.2, -0.15) is 0 Å². The van der Waals surface area contributed by atoms with Gasteiger partial charge in [0.05, 0.1) is 12.3 Å². The monoisotopic (exact) mass is 413 g/mol. The highest BCUT2D eigenvalue weighted by Crippen LogP contribution is 2.47.